The number of sulfone groups is 1. The third kappa shape index (κ3) is 4.19. The van der Waals surface area contributed by atoms with Crippen molar-refractivity contribution in [1.82, 2.24) is 0 Å². The largest absolute Gasteiger partial charge is 0.304 e. The summed E-state index contributed by atoms with van der Waals surface area (Å²) >= 11 is 5.97. The zero-order chi connectivity index (χ0) is 19.6. The second kappa shape index (κ2) is 8.03. The number of rotatable bonds is 5. The first-order chi connectivity index (χ1) is 12.9. The molecule has 6 heteroatoms. The highest BCUT2D eigenvalue weighted by atomic mass is 35.5. The highest BCUT2D eigenvalue weighted by Gasteiger charge is 2.37. The monoisotopic (exact) mass is 405 g/mol. The Morgan fingerprint density at radius 3 is 2.15 bits per heavy atom. The van der Waals surface area contributed by atoms with Gasteiger partial charge in [0.2, 0.25) is 0 Å². The van der Waals surface area contributed by atoms with Gasteiger partial charge in [0.05, 0.1) is 23.2 Å². The van der Waals surface area contributed by atoms with E-state index in [2.05, 4.69) is 13.8 Å². The van der Waals surface area contributed by atoms with Crippen molar-refractivity contribution in [2.75, 3.05) is 16.4 Å². The molecule has 2 aromatic carbocycles. The molecule has 1 atom stereocenters. The molecule has 4 nitrogen and oxygen atoms in total. The summed E-state index contributed by atoms with van der Waals surface area (Å²) < 4.78 is 24.3. The molecule has 1 heterocycles. The number of carbonyl (C=O) groups is 1. The summed E-state index contributed by atoms with van der Waals surface area (Å²) in [5.74, 6) is -0.0462. The summed E-state index contributed by atoms with van der Waals surface area (Å²) in [5.41, 5.74) is 3.49. The number of anilines is 1. The van der Waals surface area contributed by atoms with Crippen molar-refractivity contribution < 1.29 is 13.2 Å². The summed E-state index contributed by atoms with van der Waals surface area (Å²) in [6, 6.07) is 12.4. The molecule has 2 aromatic rings. The number of benzene rings is 2. The molecule has 0 aliphatic carbocycles. The van der Waals surface area contributed by atoms with E-state index in [0.29, 0.717) is 17.0 Å². The van der Waals surface area contributed by atoms with Crippen LogP contribution in [0.2, 0.25) is 5.02 Å². The number of hydrogen-bond acceptors (Lipinski definition) is 3. The third-order valence-electron chi connectivity index (χ3n) is 5.09. The number of aryl methyl sites for hydroxylation is 2. The quantitative estimate of drug-likeness (QED) is 0.745. The number of amides is 1. The smallest absolute Gasteiger partial charge is 0.258 e. The SMILES string of the molecule is CCc1cccc(CC)c1N(C(=O)c1ccc(Cl)cc1)C1CCS(=O)(=O)C1. The van der Waals surface area contributed by atoms with Gasteiger partial charge in [0.15, 0.2) is 9.84 Å². The Hall–Kier alpha value is -1.85. The van der Waals surface area contributed by atoms with Crippen LogP contribution in [0.4, 0.5) is 5.69 Å². The standard InChI is InChI=1S/C21H24ClNO3S/c1-3-15-6-5-7-16(4-2)20(15)23(19-12-13-27(25,26)14-19)21(24)17-8-10-18(22)11-9-17/h5-11,19H,3-4,12-14H2,1-2H3. The zero-order valence-corrected chi connectivity index (χ0v) is 17.2. The summed E-state index contributed by atoms with van der Waals surface area (Å²) in [6.45, 7) is 4.10. The minimum Gasteiger partial charge on any atom is -0.304 e. The van der Waals surface area contributed by atoms with E-state index in [9.17, 15) is 13.2 Å². The molecular weight excluding hydrogens is 382 g/mol. The normalized spacial score (nSPS) is 18.4. The van der Waals surface area contributed by atoms with Gasteiger partial charge in [-0.15, -0.1) is 0 Å². The molecule has 0 aromatic heterocycles. The molecule has 0 saturated carbocycles. The Kier molecular flexibility index (Phi) is 5.92. The van der Waals surface area contributed by atoms with Gasteiger partial charge >= 0.3 is 0 Å². The Morgan fingerprint density at radius 1 is 1.07 bits per heavy atom. The molecule has 0 spiro atoms. The van der Waals surface area contributed by atoms with Crippen molar-refractivity contribution in [3.63, 3.8) is 0 Å². The predicted octanol–water partition coefficient (Wildman–Crippen LogP) is 4.30. The van der Waals surface area contributed by atoms with Crippen molar-refractivity contribution >= 4 is 33.0 Å². The van der Waals surface area contributed by atoms with Gasteiger partial charge in [0, 0.05) is 10.6 Å². The van der Waals surface area contributed by atoms with Crippen LogP contribution >= 0.6 is 11.6 Å². The van der Waals surface area contributed by atoms with Crippen LogP contribution in [0, 0.1) is 0 Å². The van der Waals surface area contributed by atoms with Crippen LogP contribution in [0.5, 0.6) is 0 Å². The van der Waals surface area contributed by atoms with E-state index < -0.39 is 9.84 Å². The van der Waals surface area contributed by atoms with Gasteiger partial charge in [-0.25, -0.2) is 8.42 Å². The van der Waals surface area contributed by atoms with Crippen LogP contribution in [0.15, 0.2) is 42.5 Å². The summed E-state index contributed by atoms with van der Waals surface area (Å²) in [7, 11) is -3.13. The number of para-hydroxylation sites is 1. The van der Waals surface area contributed by atoms with E-state index in [4.69, 9.17) is 11.6 Å². The summed E-state index contributed by atoms with van der Waals surface area (Å²) in [5, 5.41) is 0.560. The first-order valence-electron chi connectivity index (χ1n) is 9.26. The van der Waals surface area contributed by atoms with Crippen molar-refractivity contribution in [2.45, 2.75) is 39.2 Å². The van der Waals surface area contributed by atoms with Gasteiger partial charge in [-0.3, -0.25) is 4.79 Å². The van der Waals surface area contributed by atoms with E-state index >= 15 is 0 Å². The fraction of sp³-hybridized carbons (Fsp3) is 0.381. The Labute approximate surface area is 166 Å². The van der Waals surface area contributed by atoms with Crippen LogP contribution in [0.25, 0.3) is 0 Å². The van der Waals surface area contributed by atoms with Gasteiger partial charge in [0.25, 0.3) is 5.91 Å². The topological polar surface area (TPSA) is 54.5 Å². The Morgan fingerprint density at radius 2 is 1.67 bits per heavy atom. The lowest BCUT2D eigenvalue weighted by Gasteiger charge is -2.32. The lowest BCUT2D eigenvalue weighted by atomic mass is 9.99. The maximum atomic E-state index is 13.5. The molecule has 144 valence electrons. The molecule has 3 rings (SSSR count). The molecule has 27 heavy (non-hydrogen) atoms. The van der Waals surface area contributed by atoms with Crippen molar-refractivity contribution in [3.8, 4) is 0 Å². The number of halogens is 1. The van der Waals surface area contributed by atoms with Gasteiger partial charge in [-0.2, -0.15) is 0 Å². The molecule has 1 aliphatic rings. The maximum absolute atomic E-state index is 13.5. The fourth-order valence-electron chi connectivity index (χ4n) is 3.69. The van der Waals surface area contributed by atoms with Crippen molar-refractivity contribution in [2.24, 2.45) is 0 Å². The predicted molar refractivity (Wildman–Crippen MR) is 111 cm³/mol. The Balaban J connectivity index is 2.14. The lowest BCUT2D eigenvalue weighted by Crippen LogP contribution is -2.42. The highest BCUT2D eigenvalue weighted by Crippen LogP contribution is 2.33. The molecule has 0 bridgehead atoms. The molecule has 1 aliphatic heterocycles. The van der Waals surface area contributed by atoms with Gasteiger partial charge in [0.1, 0.15) is 0 Å². The van der Waals surface area contributed by atoms with Gasteiger partial charge in [-0.1, -0.05) is 43.6 Å². The highest BCUT2D eigenvalue weighted by molar-refractivity contribution is 7.91. The van der Waals surface area contributed by atoms with E-state index in [1.807, 2.05) is 18.2 Å². The first kappa shape index (κ1) is 19.9. The molecule has 1 unspecified atom stereocenters. The molecule has 1 amide bonds. The average Bonchev–Trinajstić information content (AvgIpc) is 3.01. The van der Waals surface area contributed by atoms with Crippen molar-refractivity contribution in [1.29, 1.82) is 0 Å². The molecule has 0 N–H and O–H groups in total. The molecule has 1 fully saturated rings. The van der Waals surface area contributed by atoms with Gasteiger partial charge < -0.3 is 4.90 Å². The number of nitrogens with zero attached hydrogens (tertiary/aromatic N) is 1. The lowest BCUT2D eigenvalue weighted by molar-refractivity contribution is 0.0978. The summed E-state index contributed by atoms with van der Waals surface area (Å²) in [6.07, 6.45) is 2.00. The maximum Gasteiger partial charge on any atom is 0.258 e. The van der Waals surface area contributed by atoms with E-state index in [1.165, 1.54) is 0 Å². The van der Waals surface area contributed by atoms with Crippen LogP contribution in [-0.2, 0) is 22.7 Å². The van der Waals surface area contributed by atoms with Crippen LogP contribution in [-0.4, -0.2) is 31.9 Å². The van der Waals surface area contributed by atoms with E-state index in [0.717, 1.165) is 29.7 Å². The molecule has 0 radical (unpaired) electrons. The fourth-order valence-corrected chi connectivity index (χ4v) is 5.51. The summed E-state index contributed by atoms with van der Waals surface area (Å²) in [4.78, 5) is 15.2. The number of hydrogen-bond donors (Lipinski definition) is 0. The van der Waals surface area contributed by atoms with Crippen LogP contribution < -0.4 is 4.90 Å². The second-order valence-electron chi connectivity index (χ2n) is 6.87. The Bertz CT molecular complexity index is 916. The van der Waals surface area contributed by atoms with Crippen LogP contribution in [0.3, 0.4) is 0 Å². The number of carbonyl (C=O) groups excluding carboxylic acids is 1. The van der Waals surface area contributed by atoms with Gasteiger partial charge in [-0.05, 0) is 54.7 Å². The van der Waals surface area contributed by atoms with E-state index in [1.54, 1.807) is 29.2 Å². The minimum absolute atomic E-state index is 0.00747. The molecular formula is C21H24ClNO3S. The third-order valence-corrected chi connectivity index (χ3v) is 7.09. The van der Waals surface area contributed by atoms with Crippen LogP contribution in [0.1, 0.15) is 41.8 Å². The minimum atomic E-state index is -3.13. The molecule has 1 saturated heterocycles. The van der Waals surface area contributed by atoms with Crippen molar-refractivity contribution in [3.05, 3.63) is 64.2 Å². The first-order valence-corrected chi connectivity index (χ1v) is 11.5. The second-order valence-corrected chi connectivity index (χ2v) is 9.54. The van der Waals surface area contributed by atoms with E-state index in [-0.39, 0.29) is 23.5 Å². The zero-order valence-electron chi connectivity index (χ0n) is 15.6. The average molecular weight is 406 g/mol.